The molecule has 5 heteroatoms. The molecule has 4 saturated carbocycles. The van der Waals surface area contributed by atoms with Crippen LogP contribution in [0.25, 0.3) is 5.69 Å². The summed E-state index contributed by atoms with van der Waals surface area (Å²) in [6.45, 7) is 3.80. The van der Waals surface area contributed by atoms with Gasteiger partial charge in [0, 0.05) is 11.2 Å². The predicted octanol–water partition coefficient (Wildman–Crippen LogP) is 4.33. The molecule has 27 heavy (non-hydrogen) atoms. The van der Waals surface area contributed by atoms with E-state index in [1.807, 2.05) is 18.4 Å². The van der Waals surface area contributed by atoms with Crippen LogP contribution in [0.4, 0.5) is 4.39 Å². The predicted molar refractivity (Wildman–Crippen MR) is 101 cm³/mol. The molecule has 1 N–H and O–H groups in total. The summed E-state index contributed by atoms with van der Waals surface area (Å²) in [5.41, 5.74) is 2.10. The molecule has 0 unspecified atom stereocenters. The molecule has 0 spiro atoms. The third-order valence-electron chi connectivity index (χ3n) is 6.99. The molecule has 1 aromatic carbocycles. The van der Waals surface area contributed by atoms with Gasteiger partial charge >= 0.3 is 0 Å². The Morgan fingerprint density at radius 2 is 1.63 bits per heavy atom. The zero-order chi connectivity index (χ0) is 18.8. The normalized spacial score (nSPS) is 31.3. The van der Waals surface area contributed by atoms with Gasteiger partial charge in [-0.15, -0.1) is 0 Å². The Bertz CT molecular complexity index is 864. The van der Waals surface area contributed by atoms with Gasteiger partial charge in [0.2, 0.25) is 0 Å². The number of imidazole rings is 1. The minimum absolute atomic E-state index is 0.0220. The van der Waals surface area contributed by atoms with Crippen LogP contribution in [-0.4, -0.2) is 21.0 Å². The van der Waals surface area contributed by atoms with Crippen LogP contribution in [0.5, 0.6) is 0 Å². The average molecular weight is 367 g/mol. The second-order valence-electron chi connectivity index (χ2n) is 9.06. The van der Waals surface area contributed by atoms with Gasteiger partial charge < -0.3 is 9.88 Å². The number of aryl methyl sites for hydroxylation is 1. The molecular weight excluding hydrogens is 341 g/mol. The van der Waals surface area contributed by atoms with E-state index in [1.54, 1.807) is 12.1 Å². The van der Waals surface area contributed by atoms with Crippen molar-refractivity contribution in [1.82, 2.24) is 14.9 Å². The fraction of sp³-hybridized carbons (Fsp3) is 0.545. The Balaban J connectivity index is 1.43. The second kappa shape index (κ2) is 5.91. The van der Waals surface area contributed by atoms with E-state index in [2.05, 4.69) is 10.3 Å². The molecule has 142 valence electrons. The lowest BCUT2D eigenvalue weighted by molar-refractivity contribution is -0.0167. The van der Waals surface area contributed by atoms with Gasteiger partial charge in [0.05, 0.1) is 5.69 Å². The number of amides is 1. The largest absolute Gasteiger partial charge is 0.345 e. The minimum atomic E-state index is -0.269. The molecular formula is C22H26FN3O. The van der Waals surface area contributed by atoms with Crippen molar-refractivity contribution < 1.29 is 9.18 Å². The molecule has 0 saturated heterocycles. The first-order chi connectivity index (χ1) is 12.9. The number of benzene rings is 1. The van der Waals surface area contributed by atoms with Crippen molar-refractivity contribution >= 4 is 5.91 Å². The Morgan fingerprint density at radius 3 is 2.19 bits per heavy atom. The van der Waals surface area contributed by atoms with E-state index in [9.17, 15) is 9.18 Å². The SMILES string of the molecule is Cc1nc(C(=O)NC23CC4CC(CC(C4)C2)C3)c(C)n1-c1ccc(F)cc1. The van der Waals surface area contributed by atoms with E-state index in [-0.39, 0.29) is 17.3 Å². The van der Waals surface area contributed by atoms with Crippen molar-refractivity contribution in [2.75, 3.05) is 0 Å². The van der Waals surface area contributed by atoms with Crippen molar-refractivity contribution in [1.29, 1.82) is 0 Å². The molecule has 1 amide bonds. The third-order valence-corrected chi connectivity index (χ3v) is 6.99. The van der Waals surface area contributed by atoms with Crippen LogP contribution in [0.1, 0.15) is 60.5 Å². The van der Waals surface area contributed by atoms with Crippen LogP contribution >= 0.6 is 0 Å². The molecule has 6 rings (SSSR count). The zero-order valence-electron chi connectivity index (χ0n) is 16.0. The lowest BCUT2D eigenvalue weighted by Gasteiger charge is -2.56. The summed E-state index contributed by atoms with van der Waals surface area (Å²) in [5, 5.41) is 3.41. The van der Waals surface area contributed by atoms with Crippen molar-refractivity contribution in [3.8, 4) is 5.69 Å². The first-order valence-corrected chi connectivity index (χ1v) is 10.1. The highest BCUT2D eigenvalue weighted by Gasteiger charge is 2.51. The highest BCUT2D eigenvalue weighted by Crippen LogP contribution is 2.55. The number of nitrogens with zero attached hydrogens (tertiary/aromatic N) is 2. The first-order valence-electron chi connectivity index (χ1n) is 10.1. The number of carbonyl (C=O) groups is 1. The monoisotopic (exact) mass is 367 g/mol. The summed E-state index contributed by atoms with van der Waals surface area (Å²) < 4.78 is 15.2. The number of nitrogens with one attached hydrogen (secondary N) is 1. The van der Waals surface area contributed by atoms with Crippen molar-refractivity contribution in [3.63, 3.8) is 0 Å². The van der Waals surface area contributed by atoms with Gasteiger partial charge in [-0.2, -0.15) is 0 Å². The summed E-state index contributed by atoms with van der Waals surface area (Å²) in [4.78, 5) is 17.7. The van der Waals surface area contributed by atoms with Crippen LogP contribution in [0, 0.1) is 37.4 Å². The quantitative estimate of drug-likeness (QED) is 0.878. The average Bonchev–Trinajstić information content (AvgIpc) is 2.89. The van der Waals surface area contributed by atoms with E-state index < -0.39 is 0 Å². The molecule has 2 aromatic rings. The van der Waals surface area contributed by atoms with Gasteiger partial charge in [0.25, 0.3) is 5.91 Å². The molecule has 4 nitrogen and oxygen atoms in total. The third kappa shape index (κ3) is 2.79. The highest BCUT2D eigenvalue weighted by atomic mass is 19.1. The Kier molecular flexibility index (Phi) is 3.72. The number of halogens is 1. The standard InChI is InChI=1S/C22H26FN3O/c1-13-20(24-14(2)26(13)19-5-3-18(23)4-6-19)21(27)25-22-10-15-7-16(11-22)9-17(8-15)12-22/h3-6,15-17H,7-12H2,1-2H3,(H,25,27). The summed E-state index contributed by atoms with van der Waals surface area (Å²) in [7, 11) is 0. The Morgan fingerprint density at radius 1 is 1.07 bits per heavy atom. The van der Waals surface area contributed by atoms with Gasteiger partial charge in [0.1, 0.15) is 17.3 Å². The Hall–Kier alpha value is -2.17. The summed E-state index contributed by atoms with van der Waals surface area (Å²) >= 11 is 0. The van der Waals surface area contributed by atoms with E-state index in [0.717, 1.165) is 54.2 Å². The number of rotatable bonds is 3. The maximum Gasteiger partial charge on any atom is 0.272 e. The van der Waals surface area contributed by atoms with Crippen LogP contribution in [0.3, 0.4) is 0 Å². The molecule has 4 aliphatic rings. The van der Waals surface area contributed by atoms with E-state index in [0.29, 0.717) is 5.69 Å². The lowest BCUT2D eigenvalue weighted by Crippen LogP contribution is -2.59. The van der Waals surface area contributed by atoms with E-state index >= 15 is 0 Å². The second-order valence-corrected chi connectivity index (χ2v) is 9.06. The first kappa shape index (κ1) is 17.0. The zero-order valence-corrected chi connectivity index (χ0v) is 16.0. The van der Waals surface area contributed by atoms with Crippen LogP contribution < -0.4 is 5.32 Å². The Labute approximate surface area is 159 Å². The maximum absolute atomic E-state index is 13.3. The molecule has 4 aliphatic carbocycles. The van der Waals surface area contributed by atoms with E-state index in [4.69, 9.17) is 0 Å². The van der Waals surface area contributed by atoms with Crippen molar-refractivity contribution in [2.24, 2.45) is 17.8 Å². The topological polar surface area (TPSA) is 46.9 Å². The van der Waals surface area contributed by atoms with Crippen molar-refractivity contribution in [2.45, 2.75) is 57.9 Å². The van der Waals surface area contributed by atoms with Crippen LogP contribution in [-0.2, 0) is 0 Å². The van der Waals surface area contributed by atoms with E-state index in [1.165, 1.54) is 31.4 Å². The fourth-order valence-electron chi connectivity index (χ4n) is 6.39. The molecule has 4 fully saturated rings. The fourth-order valence-corrected chi connectivity index (χ4v) is 6.39. The highest BCUT2D eigenvalue weighted by molar-refractivity contribution is 5.94. The molecule has 1 heterocycles. The summed E-state index contributed by atoms with van der Waals surface area (Å²) in [6, 6.07) is 6.31. The van der Waals surface area contributed by atoms with Crippen LogP contribution in [0.2, 0.25) is 0 Å². The number of carbonyl (C=O) groups excluding carboxylic acids is 1. The molecule has 0 atom stereocenters. The van der Waals surface area contributed by atoms with Gasteiger partial charge in [-0.05, 0) is 94.4 Å². The number of hydrogen-bond acceptors (Lipinski definition) is 2. The summed E-state index contributed by atoms with van der Waals surface area (Å²) in [5.74, 6) is 2.78. The maximum atomic E-state index is 13.3. The number of aromatic nitrogens is 2. The molecule has 0 aliphatic heterocycles. The van der Waals surface area contributed by atoms with Gasteiger partial charge in [-0.3, -0.25) is 4.79 Å². The smallest absolute Gasteiger partial charge is 0.272 e. The molecule has 1 aromatic heterocycles. The van der Waals surface area contributed by atoms with Crippen LogP contribution in [0.15, 0.2) is 24.3 Å². The minimum Gasteiger partial charge on any atom is -0.345 e. The van der Waals surface area contributed by atoms with Gasteiger partial charge in [0.15, 0.2) is 0 Å². The summed E-state index contributed by atoms with van der Waals surface area (Å²) in [6.07, 6.45) is 7.44. The molecule has 0 radical (unpaired) electrons. The van der Waals surface area contributed by atoms with Gasteiger partial charge in [-0.25, -0.2) is 9.37 Å². The number of hydrogen-bond donors (Lipinski definition) is 1. The van der Waals surface area contributed by atoms with Gasteiger partial charge in [-0.1, -0.05) is 0 Å². The lowest BCUT2D eigenvalue weighted by atomic mass is 9.53. The van der Waals surface area contributed by atoms with Crippen molar-refractivity contribution in [3.05, 3.63) is 47.3 Å². The molecule has 4 bridgehead atoms.